The van der Waals surface area contributed by atoms with Crippen molar-refractivity contribution in [3.05, 3.63) is 72.1 Å². The van der Waals surface area contributed by atoms with Gasteiger partial charge in [-0.1, -0.05) is 43.2 Å². The number of nitrogens with one attached hydrogen (secondary N) is 1. The van der Waals surface area contributed by atoms with Gasteiger partial charge in [0.05, 0.1) is 11.5 Å². The lowest BCUT2D eigenvalue weighted by Crippen LogP contribution is -2.15. The van der Waals surface area contributed by atoms with Crippen LogP contribution < -0.4 is 14.2 Å². The van der Waals surface area contributed by atoms with Gasteiger partial charge in [0, 0.05) is 12.4 Å². The maximum atomic E-state index is 12.7. The van der Waals surface area contributed by atoms with Crippen LogP contribution in [0.1, 0.15) is 30.9 Å². The molecule has 0 aliphatic heterocycles. The molecule has 1 heterocycles. The van der Waals surface area contributed by atoms with Crippen LogP contribution in [0.4, 0.5) is 5.82 Å². The van der Waals surface area contributed by atoms with E-state index < -0.39 is 10.0 Å². The van der Waals surface area contributed by atoms with Crippen molar-refractivity contribution in [1.29, 1.82) is 0 Å². The molecule has 0 saturated heterocycles. The van der Waals surface area contributed by atoms with Gasteiger partial charge in [-0.25, -0.2) is 18.4 Å². The third-order valence-corrected chi connectivity index (χ3v) is 5.62. The summed E-state index contributed by atoms with van der Waals surface area (Å²) in [6, 6.07) is 14.1. The lowest BCUT2D eigenvalue weighted by molar-refractivity contribution is 0.289. The highest BCUT2D eigenvalue weighted by Crippen LogP contribution is 2.23. The Balaban J connectivity index is 1.70. The number of aromatic nitrogens is 2. The second-order valence-electron chi connectivity index (χ2n) is 6.77. The largest absolute Gasteiger partial charge is 0.494 e. The standard InChI is InChI=1S/C22H25N3O4S/c1-3-4-14-28-19-7-5-6-18(15-19)16-29-22-21(23-12-13-24-22)25-30(26,27)20-10-8-17(2)9-11-20/h5-13,15H,3-4,14,16H2,1-2H3,(H,23,25). The van der Waals surface area contributed by atoms with Crippen LogP contribution in [0, 0.1) is 6.92 Å². The fraction of sp³-hybridized carbons (Fsp3) is 0.273. The molecule has 7 nitrogen and oxygen atoms in total. The van der Waals surface area contributed by atoms with E-state index in [-0.39, 0.29) is 23.2 Å². The molecule has 0 spiro atoms. The molecule has 0 saturated carbocycles. The lowest BCUT2D eigenvalue weighted by Gasteiger charge is -2.12. The summed E-state index contributed by atoms with van der Waals surface area (Å²) in [7, 11) is -3.81. The van der Waals surface area contributed by atoms with Crippen LogP contribution in [-0.4, -0.2) is 25.0 Å². The van der Waals surface area contributed by atoms with Crippen LogP contribution in [0.5, 0.6) is 11.6 Å². The topological polar surface area (TPSA) is 90.4 Å². The van der Waals surface area contributed by atoms with E-state index >= 15 is 0 Å². The summed E-state index contributed by atoms with van der Waals surface area (Å²) in [4.78, 5) is 8.35. The SMILES string of the molecule is CCCCOc1cccc(COc2nccnc2NS(=O)(=O)c2ccc(C)cc2)c1. The van der Waals surface area contributed by atoms with Gasteiger partial charge < -0.3 is 9.47 Å². The van der Waals surface area contributed by atoms with Crippen molar-refractivity contribution in [2.75, 3.05) is 11.3 Å². The van der Waals surface area contributed by atoms with Crippen LogP contribution in [-0.2, 0) is 16.6 Å². The van der Waals surface area contributed by atoms with Gasteiger partial charge in [0.2, 0.25) is 5.82 Å². The van der Waals surface area contributed by atoms with Crippen LogP contribution >= 0.6 is 0 Å². The molecular formula is C22H25N3O4S. The quantitative estimate of drug-likeness (QED) is 0.484. The van der Waals surface area contributed by atoms with E-state index in [1.54, 1.807) is 24.3 Å². The van der Waals surface area contributed by atoms with E-state index in [4.69, 9.17) is 9.47 Å². The summed E-state index contributed by atoms with van der Waals surface area (Å²) in [6.45, 7) is 4.86. The van der Waals surface area contributed by atoms with Crippen LogP contribution in [0.25, 0.3) is 0 Å². The summed E-state index contributed by atoms with van der Waals surface area (Å²) in [5, 5.41) is 0. The molecule has 8 heteroatoms. The Morgan fingerprint density at radius 1 is 1.00 bits per heavy atom. The zero-order valence-electron chi connectivity index (χ0n) is 17.0. The zero-order valence-corrected chi connectivity index (χ0v) is 17.9. The highest BCUT2D eigenvalue weighted by Gasteiger charge is 2.18. The Morgan fingerprint density at radius 2 is 1.77 bits per heavy atom. The second-order valence-corrected chi connectivity index (χ2v) is 8.45. The van der Waals surface area contributed by atoms with E-state index in [1.807, 2.05) is 31.2 Å². The number of nitrogens with zero attached hydrogens (tertiary/aromatic N) is 2. The monoisotopic (exact) mass is 427 g/mol. The number of rotatable bonds is 10. The Kier molecular flexibility index (Phi) is 7.24. The molecule has 3 aromatic rings. The van der Waals surface area contributed by atoms with Crippen molar-refractivity contribution in [3.8, 4) is 11.6 Å². The summed E-state index contributed by atoms with van der Waals surface area (Å²) in [5.74, 6) is 0.905. The van der Waals surface area contributed by atoms with Crippen molar-refractivity contribution in [2.24, 2.45) is 0 Å². The van der Waals surface area contributed by atoms with Gasteiger partial charge in [0.1, 0.15) is 12.4 Å². The van der Waals surface area contributed by atoms with Gasteiger partial charge in [-0.3, -0.25) is 4.72 Å². The van der Waals surface area contributed by atoms with Crippen molar-refractivity contribution in [1.82, 2.24) is 9.97 Å². The number of sulfonamides is 1. The first-order valence-electron chi connectivity index (χ1n) is 9.73. The molecule has 0 aliphatic rings. The molecule has 0 aliphatic carbocycles. The Hall–Kier alpha value is -3.13. The lowest BCUT2D eigenvalue weighted by atomic mass is 10.2. The average molecular weight is 428 g/mol. The van der Waals surface area contributed by atoms with Crippen molar-refractivity contribution in [2.45, 2.75) is 38.2 Å². The summed E-state index contributed by atoms with van der Waals surface area (Å²) in [5.41, 5.74) is 1.85. The molecule has 30 heavy (non-hydrogen) atoms. The number of hydrogen-bond acceptors (Lipinski definition) is 6. The van der Waals surface area contributed by atoms with E-state index in [1.165, 1.54) is 12.4 Å². The average Bonchev–Trinajstić information content (AvgIpc) is 2.74. The molecule has 2 aromatic carbocycles. The smallest absolute Gasteiger partial charge is 0.263 e. The predicted octanol–water partition coefficient (Wildman–Crippen LogP) is 4.34. The fourth-order valence-corrected chi connectivity index (χ4v) is 3.62. The van der Waals surface area contributed by atoms with E-state index in [0.29, 0.717) is 6.61 Å². The third kappa shape index (κ3) is 5.93. The number of benzene rings is 2. The zero-order chi connectivity index (χ0) is 21.4. The molecule has 0 radical (unpaired) electrons. The van der Waals surface area contributed by atoms with E-state index in [0.717, 1.165) is 29.7 Å². The van der Waals surface area contributed by atoms with Gasteiger partial charge in [0.25, 0.3) is 15.9 Å². The van der Waals surface area contributed by atoms with Crippen LogP contribution in [0.3, 0.4) is 0 Å². The Bertz CT molecular complexity index is 1070. The first-order chi connectivity index (χ1) is 14.5. The second kappa shape index (κ2) is 10.1. The van der Waals surface area contributed by atoms with Crippen molar-refractivity contribution >= 4 is 15.8 Å². The highest BCUT2D eigenvalue weighted by atomic mass is 32.2. The summed E-state index contributed by atoms with van der Waals surface area (Å²) < 4.78 is 39.2. The maximum absolute atomic E-state index is 12.7. The van der Waals surface area contributed by atoms with E-state index in [2.05, 4.69) is 21.6 Å². The van der Waals surface area contributed by atoms with Crippen molar-refractivity contribution in [3.63, 3.8) is 0 Å². The van der Waals surface area contributed by atoms with E-state index in [9.17, 15) is 8.42 Å². The molecule has 0 fully saturated rings. The predicted molar refractivity (Wildman–Crippen MR) is 115 cm³/mol. The number of hydrogen-bond donors (Lipinski definition) is 1. The molecule has 158 valence electrons. The van der Waals surface area contributed by atoms with Gasteiger partial charge in [-0.15, -0.1) is 0 Å². The van der Waals surface area contributed by atoms with Crippen molar-refractivity contribution < 1.29 is 17.9 Å². The highest BCUT2D eigenvalue weighted by molar-refractivity contribution is 7.92. The molecule has 1 N–H and O–H groups in total. The van der Waals surface area contributed by atoms with Gasteiger partial charge in [-0.05, 0) is 43.2 Å². The first kappa shape index (κ1) is 21.6. The number of unbranched alkanes of at least 4 members (excludes halogenated alkanes) is 1. The fourth-order valence-electron chi connectivity index (χ4n) is 2.62. The number of aryl methyl sites for hydroxylation is 1. The Morgan fingerprint density at radius 3 is 2.53 bits per heavy atom. The molecule has 0 atom stereocenters. The molecular weight excluding hydrogens is 402 g/mol. The minimum absolute atomic E-state index is 0.0356. The van der Waals surface area contributed by atoms with Gasteiger partial charge >= 0.3 is 0 Å². The normalized spacial score (nSPS) is 11.1. The number of anilines is 1. The molecule has 0 bridgehead atoms. The van der Waals surface area contributed by atoms with Gasteiger partial charge in [0.15, 0.2) is 0 Å². The van der Waals surface area contributed by atoms with Crippen LogP contribution in [0.2, 0.25) is 0 Å². The maximum Gasteiger partial charge on any atom is 0.263 e. The Labute approximate surface area is 177 Å². The molecule has 3 rings (SSSR count). The minimum Gasteiger partial charge on any atom is -0.494 e. The summed E-state index contributed by atoms with van der Waals surface area (Å²) >= 11 is 0. The summed E-state index contributed by atoms with van der Waals surface area (Å²) in [6.07, 6.45) is 4.91. The van der Waals surface area contributed by atoms with Gasteiger partial charge in [-0.2, -0.15) is 0 Å². The van der Waals surface area contributed by atoms with Crippen LogP contribution in [0.15, 0.2) is 65.8 Å². The number of ether oxygens (including phenoxy) is 2. The molecule has 1 aromatic heterocycles. The third-order valence-electron chi connectivity index (χ3n) is 4.27. The minimum atomic E-state index is -3.81. The molecule has 0 amide bonds. The first-order valence-corrected chi connectivity index (χ1v) is 11.2. The molecule has 0 unspecified atom stereocenters.